The number of fused-ring (bicyclic) bond motifs is 1. The summed E-state index contributed by atoms with van der Waals surface area (Å²) in [6.45, 7) is 7.17. The van der Waals surface area contributed by atoms with E-state index in [1.165, 1.54) is 11.1 Å². The quantitative estimate of drug-likeness (QED) is 0.777. The van der Waals surface area contributed by atoms with Crippen LogP contribution in [-0.2, 0) is 19.6 Å². The highest BCUT2D eigenvalue weighted by Crippen LogP contribution is 2.21. The van der Waals surface area contributed by atoms with Gasteiger partial charge < -0.3 is 15.6 Å². The molecular weight excluding hydrogens is 316 g/mol. The Bertz CT molecular complexity index is 803. The second kappa shape index (κ2) is 7.53. The molecule has 0 spiro atoms. The molecule has 0 radical (unpaired) electrons. The molecule has 2 heterocycles. The zero-order valence-corrected chi connectivity index (χ0v) is 14.7. The molecule has 6 heteroatoms. The number of benzene rings is 1. The number of aromatic amines is 1. The van der Waals surface area contributed by atoms with Crippen molar-refractivity contribution in [2.45, 2.75) is 33.5 Å². The average Bonchev–Trinajstić information content (AvgIpc) is 2.96. The van der Waals surface area contributed by atoms with E-state index < -0.39 is 0 Å². The number of H-pyrrole nitrogens is 1. The van der Waals surface area contributed by atoms with Gasteiger partial charge in [0.15, 0.2) is 0 Å². The topological polar surface area (TPSA) is 77.2 Å². The van der Waals surface area contributed by atoms with E-state index in [9.17, 15) is 9.59 Å². The first-order chi connectivity index (χ1) is 12.0. The summed E-state index contributed by atoms with van der Waals surface area (Å²) in [5.74, 6) is 0. The first-order valence-corrected chi connectivity index (χ1v) is 8.53. The zero-order valence-electron chi connectivity index (χ0n) is 14.7. The number of hydrogen-bond donors (Lipinski definition) is 3. The zero-order chi connectivity index (χ0) is 17.8. The standard InChI is InChI=1S/C19H24N4O2/c1-13-9-14(2)22-18(24)17(13)10-21-19(25)20-7-8-23-11-15-5-3-4-6-16(15)12-23/h3-6,9H,7-8,10-12H2,1-2H3,(H,22,24)(H2,20,21,25). The van der Waals surface area contributed by atoms with Crippen molar-refractivity contribution in [2.24, 2.45) is 0 Å². The Morgan fingerprint density at radius 3 is 2.48 bits per heavy atom. The number of carbonyl (C=O) groups excluding carboxylic acids is 1. The van der Waals surface area contributed by atoms with Gasteiger partial charge in [0, 0.05) is 37.4 Å². The van der Waals surface area contributed by atoms with Gasteiger partial charge in [-0.1, -0.05) is 24.3 Å². The maximum absolute atomic E-state index is 11.9. The highest BCUT2D eigenvalue weighted by molar-refractivity contribution is 5.73. The van der Waals surface area contributed by atoms with E-state index in [-0.39, 0.29) is 18.1 Å². The Morgan fingerprint density at radius 1 is 1.16 bits per heavy atom. The van der Waals surface area contributed by atoms with E-state index in [0.717, 1.165) is 30.9 Å². The van der Waals surface area contributed by atoms with E-state index in [0.29, 0.717) is 12.1 Å². The molecule has 25 heavy (non-hydrogen) atoms. The fraction of sp³-hybridized carbons (Fsp3) is 0.368. The van der Waals surface area contributed by atoms with Gasteiger partial charge in [-0.2, -0.15) is 0 Å². The molecule has 3 rings (SSSR count). The molecule has 0 aliphatic carbocycles. The highest BCUT2D eigenvalue weighted by atomic mass is 16.2. The number of urea groups is 1. The van der Waals surface area contributed by atoms with Crippen molar-refractivity contribution in [2.75, 3.05) is 13.1 Å². The maximum Gasteiger partial charge on any atom is 0.315 e. The van der Waals surface area contributed by atoms with Gasteiger partial charge in [-0.05, 0) is 36.6 Å². The Labute approximate surface area is 147 Å². The second-order valence-electron chi connectivity index (χ2n) is 6.53. The molecule has 6 nitrogen and oxygen atoms in total. The van der Waals surface area contributed by atoms with Gasteiger partial charge in [0.2, 0.25) is 0 Å². The molecule has 2 aromatic rings. The van der Waals surface area contributed by atoms with Gasteiger partial charge in [0.1, 0.15) is 0 Å². The Balaban J connectivity index is 1.42. The molecule has 0 bridgehead atoms. The summed E-state index contributed by atoms with van der Waals surface area (Å²) in [7, 11) is 0. The van der Waals surface area contributed by atoms with Crippen molar-refractivity contribution in [3.05, 3.63) is 68.6 Å². The fourth-order valence-corrected chi connectivity index (χ4v) is 3.22. The molecular formula is C19H24N4O2. The predicted octanol–water partition coefficient (Wildman–Crippen LogP) is 1.81. The molecule has 0 saturated carbocycles. The van der Waals surface area contributed by atoms with E-state index in [2.05, 4.69) is 44.8 Å². The van der Waals surface area contributed by atoms with Crippen molar-refractivity contribution in [3.8, 4) is 0 Å². The maximum atomic E-state index is 11.9. The van der Waals surface area contributed by atoms with Crippen LogP contribution in [0.3, 0.4) is 0 Å². The first kappa shape index (κ1) is 17.2. The smallest absolute Gasteiger partial charge is 0.315 e. The summed E-state index contributed by atoms with van der Waals surface area (Å²) in [4.78, 5) is 28.9. The molecule has 0 atom stereocenters. The molecule has 132 valence electrons. The van der Waals surface area contributed by atoms with Crippen LogP contribution < -0.4 is 16.2 Å². The van der Waals surface area contributed by atoms with Crippen molar-refractivity contribution in [1.29, 1.82) is 0 Å². The third-order valence-corrected chi connectivity index (χ3v) is 4.54. The highest BCUT2D eigenvalue weighted by Gasteiger charge is 2.17. The molecule has 1 aliphatic rings. The van der Waals surface area contributed by atoms with Gasteiger partial charge in [-0.3, -0.25) is 9.69 Å². The molecule has 0 fully saturated rings. The molecule has 0 saturated heterocycles. The third kappa shape index (κ3) is 4.28. The Hall–Kier alpha value is -2.60. The van der Waals surface area contributed by atoms with Crippen LogP contribution >= 0.6 is 0 Å². The molecule has 0 unspecified atom stereocenters. The van der Waals surface area contributed by atoms with Crippen molar-refractivity contribution in [3.63, 3.8) is 0 Å². The van der Waals surface area contributed by atoms with Crippen molar-refractivity contribution >= 4 is 6.03 Å². The van der Waals surface area contributed by atoms with Crippen LogP contribution in [0.15, 0.2) is 35.1 Å². The number of nitrogens with one attached hydrogen (secondary N) is 3. The fourth-order valence-electron chi connectivity index (χ4n) is 3.22. The van der Waals surface area contributed by atoms with Gasteiger partial charge in [-0.25, -0.2) is 4.79 Å². The lowest BCUT2D eigenvalue weighted by atomic mass is 10.1. The van der Waals surface area contributed by atoms with Crippen LogP contribution in [0.2, 0.25) is 0 Å². The lowest BCUT2D eigenvalue weighted by Gasteiger charge is -2.15. The van der Waals surface area contributed by atoms with Crippen LogP contribution in [0.4, 0.5) is 4.79 Å². The second-order valence-corrected chi connectivity index (χ2v) is 6.53. The minimum atomic E-state index is -0.254. The summed E-state index contributed by atoms with van der Waals surface area (Å²) < 4.78 is 0. The van der Waals surface area contributed by atoms with Crippen LogP contribution in [0, 0.1) is 13.8 Å². The summed E-state index contributed by atoms with van der Waals surface area (Å²) in [6, 6.07) is 10.1. The Kier molecular flexibility index (Phi) is 5.19. The normalized spacial score (nSPS) is 13.5. The molecule has 1 aromatic carbocycles. The lowest BCUT2D eigenvalue weighted by Crippen LogP contribution is -2.40. The lowest BCUT2D eigenvalue weighted by molar-refractivity contribution is 0.235. The van der Waals surface area contributed by atoms with Crippen LogP contribution in [0.25, 0.3) is 0 Å². The number of hydrogen-bond acceptors (Lipinski definition) is 3. The van der Waals surface area contributed by atoms with Gasteiger partial charge in [-0.15, -0.1) is 0 Å². The number of nitrogens with zero attached hydrogens (tertiary/aromatic N) is 1. The number of carbonyl (C=O) groups is 1. The first-order valence-electron chi connectivity index (χ1n) is 8.53. The van der Waals surface area contributed by atoms with Crippen molar-refractivity contribution in [1.82, 2.24) is 20.5 Å². The summed E-state index contributed by atoms with van der Waals surface area (Å²) in [5, 5.41) is 5.61. The molecule has 2 amide bonds. The molecule has 3 N–H and O–H groups in total. The summed E-state index contributed by atoms with van der Waals surface area (Å²) in [6.07, 6.45) is 0. The van der Waals surface area contributed by atoms with Gasteiger partial charge in [0.25, 0.3) is 5.56 Å². The van der Waals surface area contributed by atoms with Crippen LogP contribution in [0.1, 0.15) is 27.9 Å². The van der Waals surface area contributed by atoms with Crippen LogP contribution in [-0.4, -0.2) is 29.0 Å². The Morgan fingerprint density at radius 2 is 1.84 bits per heavy atom. The minimum Gasteiger partial charge on any atom is -0.337 e. The number of pyridine rings is 1. The minimum absolute atomic E-state index is 0.146. The summed E-state index contributed by atoms with van der Waals surface area (Å²) >= 11 is 0. The third-order valence-electron chi connectivity index (χ3n) is 4.54. The van der Waals surface area contributed by atoms with E-state index in [1.54, 1.807) is 0 Å². The number of aryl methyl sites for hydroxylation is 2. The van der Waals surface area contributed by atoms with Crippen molar-refractivity contribution < 1.29 is 4.79 Å². The average molecular weight is 340 g/mol. The van der Waals surface area contributed by atoms with E-state index in [4.69, 9.17) is 0 Å². The van der Waals surface area contributed by atoms with E-state index >= 15 is 0 Å². The largest absolute Gasteiger partial charge is 0.337 e. The van der Waals surface area contributed by atoms with Crippen LogP contribution in [0.5, 0.6) is 0 Å². The monoisotopic (exact) mass is 340 g/mol. The molecule has 1 aliphatic heterocycles. The predicted molar refractivity (Wildman–Crippen MR) is 97.3 cm³/mol. The SMILES string of the molecule is Cc1cc(C)c(CNC(=O)NCCN2Cc3ccccc3C2)c(=O)[nH]1. The summed E-state index contributed by atoms with van der Waals surface area (Å²) in [5.41, 5.74) is 4.88. The van der Waals surface area contributed by atoms with E-state index in [1.807, 2.05) is 19.9 Å². The van der Waals surface area contributed by atoms with Gasteiger partial charge in [0.05, 0.1) is 6.54 Å². The number of amides is 2. The molecule has 1 aromatic heterocycles. The number of rotatable bonds is 5. The van der Waals surface area contributed by atoms with Gasteiger partial charge >= 0.3 is 6.03 Å². The number of aromatic nitrogens is 1.